The molecule has 4 aromatic rings. The largest absolute Gasteiger partial charge is 0.360 e. The first-order valence-electron chi connectivity index (χ1n) is 9.37. The van der Waals surface area contributed by atoms with Crippen molar-refractivity contribution in [1.82, 2.24) is 20.0 Å². The van der Waals surface area contributed by atoms with Crippen LogP contribution in [0.2, 0.25) is 0 Å². The van der Waals surface area contributed by atoms with Gasteiger partial charge in [0, 0.05) is 12.1 Å². The average molecular weight is 388 g/mol. The Morgan fingerprint density at radius 3 is 2.59 bits per heavy atom. The Morgan fingerprint density at radius 2 is 1.83 bits per heavy atom. The van der Waals surface area contributed by atoms with E-state index in [1.165, 1.54) is 0 Å². The van der Waals surface area contributed by atoms with Gasteiger partial charge in [-0.1, -0.05) is 47.6 Å². The van der Waals surface area contributed by atoms with Crippen LogP contribution in [0.25, 0.3) is 22.2 Å². The molecule has 2 heterocycles. The maximum absolute atomic E-state index is 13.3. The molecule has 0 aliphatic rings. The molecule has 2 aromatic carbocycles. The molecule has 0 saturated carbocycles. The van der Waals surface area contributed by atoms with Crippen LogP contribution in [0.3, 0.4) is 0 Å². The van der Waals surface area contributed by atoms with E-state index in [9.17, 15) is 9.59 Å². The number of benzene rings is 2. The molecule has 7 heteroatoms. The minimum absolute atomic E-state index is 0.175. The van der Waals surface area contributed by atoms with Gasteiger partial charge in [0.25, 0.3) is 11.5 Å². The number of carbonyl (C=O) groups is 1. The molecule has 2 aromatic heterocycles. The van der Waals surface area contributed by atoms with Gasteiger partial charge >= 0.3 is 0 Å². The number of amides is 1. The molecule has 0 spiro atoms. The van der Waals surface area contributed by atoms with E-state index in [1.807, 2.05) is 43.3 Å². The Bertz CT molecular complexity index is 1230. The third-order valence-electron chi connectivity index (χ3n) is 4.80. The Morgan fingerprint density at radius 1 is 1.10 bits per heavy atom. The normalized spacial score (nSPS) is 11.0. The molecule has 0 aliphatic heterocycles. The molecule has 1 N–H and O–H groups in total. The monoisotopic (exact) mass is 388 g/mol. The van der Waals surface area contributed by atoms with E-state index in [4.69, 9.17) is 4.52 Å². The third kappa shape index (κ3) is 3.54. The van der Waals surface area contributed by atoms with E-state index in [0.717, 1.165) is 5.56 Å². The summed E-state index contributed by atoms with van der Waals surface area (Å²) in [5.41, 5.74) is 2.11. The van der Waals surface area contributed by atoms with Gasteiger partial charge in [0.1, 0.15) is 22.8 Å². The summed E-state index contributed by atoms with van der Waals surface area (Å²) in [6.07, 6.45) is 0. The highest BCUT2D eigenvalue weighted by molar-refractivity contribution is 6.00. The van der Waals surface area contributed by atoms with Gasteiger partial charge < -0.3 is 14.4 Å². The highest BCUT2D eigenvalue weighted by atomic mass is 16.5. The van der Waals surface area contributed by atoms with Crippen molar-refractivity contribution < 1.29 is 9.32 Å². The number of carbonyl (C=O) groups excluding carboxylic acids is 1. The van der Waals surface area contributed by atoms with Gasteiger partial charge in [-0.05, 0) is 26.0 Å². The van der Waals surface area contributed by atoms with Crippen LogP contribution in [0.4, 0.5) is 0 Å². The molecule has 1 amide bonds. The predicted octanol–water partition coefficient (Wildman–Crippen LogP) is 3.55. The van der Waals surface area contributed by atoms with Crippen LogP contribution in [0, 0.1) is 6.92 Å². The van der Waals surface area contributed by atoms with Crippen molar-refractivity contribution in [1.29, 1.82) is 0 Å². The molecule has 0 fully saturated rings. The van der Waals surface area contributed by atoms with Crippen LogP contribution in [0.5, 0.6) is 0 Å². The molecular formula is C22H20N4O3. The molecule has 0 bridgehead atoms. The third-order valence-corrected chi connectivity index (χ3v) is 4.80. The number of H-pyrrole nitrogens is 1. The number of nitrogens with one attached hydrogen (secondary N) is 1. The molecule has 0 radical (unpaired) electrons. The number of rotatable bonds is 5. The quantitative estimate of drug-likeness (QED) is 0.564. The van der Waals surface area contributed by atoms with Crippen LogP contribution in [0.1, 0.15) is 28.9 Å². The molecule has 7 nitrogen and oxygen atoms in total. The van der Waals surface area contributed by atoms with Gasteiger partial charge in [0.05, 0.1) is 17.4 Å². The smallest absolute Gasteiger partial charge is 0.260 e. The number of aryl methyl sites for hydroxylation is 1. The summed E-state index contributed by atoms with van der Waals surface area (Å²) in [4.78, 5) is 34.5. The lowest BCUT2D eigenvalue weighted by atomic mass is 10.1. The van der Waals surface area contributed by atoms with E-state index in [-0.39, 0.29) is 18.0 Å². The Balaban J connectivity index is 1.68. The zero-order valence-corrected chi connectivity index (χ0v) is 16.2. The number of para-hydroxylation sites is 1. The van der Waals surface area contributed by atoms with Crippen molar-refractivity contribution in [3.63, 3.8) is 0 Å². The minimum Gasteiger partial charge on any atom is -0.360 e. The Labute approximate surface area is 167 Å². The summed E-state index contributed by atoms with van der Waals surface area (Å²) < 4.78 is 5.32. The number of aromatic nitrogens is 3. The van der Waals surface area contributed by atoms with Crippen LogP contribution >= 0.6 is 0 Å². The molecule has 0 atom stereocenters. The molecule has 0 aliphatic carbocycles. The van der Waals surface area contributed by atoms with Crippen molar-refractivity contribution in [2.24, 2.45) is 0 Å². The van der Waals surface area contributed by atoms with E-state index >= 15 is 0 Å². The Kier molecular flexibility index (Phi) is 4.95. The first-order chi connectivity index (χ1) is 14.1. The second-order valence-corrected chi connectivity index (χ2v) is 6.68. The summed E-state index contributed by atoms with van der Waals surface area (Å²) in [6.45, 7) is 4.21. The maximum Gasteiger partial charge on any atom is 0.260 e. The van der Waals surface area contributed by atoms with Gasteiger partial charge in [0.15, 0.2) is 0 Å². The lowest BCUT2D eigenvalue weighted by Gasteiger charge is -2.20. The first-order valence-corrected chi connectivity index (χ1v) is 9.37. The zero-order valence-electron chi connectivity index (χ0n) is 16.2. The molecule has 0 unspecified atom stereocenters. The molecule has 29 heavy (non-hydrogen) atoms. The predicted molar refractivity (Wildman–Crippen MR) is 109 cm³/mol. The van der Waals surface area contributed by atoms with Gasteiger partial charge in [0.2, 0.25) is 0 Å². The fourth-order valence-electron chi connectivity index (χ4n) is 3.29. The number of aromatic amines is 1. The number of hydrogen-bond acceptors (Lipinski definition) is 5. The molecular weight excluding hydrogens is 368 g/mol. The maximum atomic E-state index is 13.3. The SMILES string of the molecule is CCN(Cc1nc2ccccc2c(=O)[nH]1)C(=O)c1c(-c2ccccc2)noc1C. The summed E-state index contributed by atoms with van der Waals surface area (Å²) in [5.74, 6) is 0.660. The van der Waals surface area contributed by atoms with Crippen molar-refractivity contribution in [2.45, 2.75) is 20.4 Å². The highest BCUT2D eigenvalue weighted by Gasteiger charge is 2.26. The van der Waals surface area contributed by atoms with E-state index in [0.29, 0.717) is 40.3 Å². The lowest BCUT2D eigenvalue weighted by Crippen LogP contribution is -2.32. The van der Waals surface area contributed by atoms with Crippen molar-refractivity contribution in [3.05, 3.63) is 82.1 Å². The number of hydrogen-bond donors (Lipinski definition) is 1. The van der Waals surface area contributed by atoms with Crippen molar-refractivity contribution in [2.75, 3.05) is 6.54 Å². The van der Waals surface area contributed by atoms with Crippen LogP contribution in [-0.2, 0) is 6.54 Å². The molecule has 0 saturated heterocycles. The van der Waals surface area contributed by atoms with Crippen LogP contribution < -0.4 is 5.56 Å². The van der Waals surface area contributed by atoms with Gasteiger partial charge in [-0.3, -0.25) is 9.59 Å². The van der Waals surface area contributed by atoms with Gasteiger partial charge in [-0.15, -0.1) is 0 Å². The molecule has 146 valence electrons. The van der Waals surface area contributed by atoms with E-state index in [2.05, 4.69) is 15.1 Å². The fraction of sp³-hybridized carbons (Fsp3) is 0.182. The highest BCUT2D eigenvalue weighted by Crippen LogP contribution is 2.26. The summed E-state index contributed by atoms with van der Waals surface area (Å²) in [5, 5.41) is 4.61. The van der Waals surface area contributed by atoms with Gasteiger partial charge in [-0.25, -0.2) is 4.98 Å². The summed E-state index contributed by atoms with van der Waals surface area (Å²) in [6, 6.07) is 16.6. The van der Waals surface area contributed by atoms with E-state index < -0.39 is 0 Å². The average Bonchev–Trinajstić information content (AvgIpc) is 3.13. The summed E-state index contributed by atoms with van der Waals surface area (Å²) >= 11 is 0. The van der Waals surface area contributed by atoms with Gasteiger partial charge in [-0.2, -0.15) is 0 Å². The molecule has 4 rings (SSSR count). The minimum atomic E-state index is -0.222. The first kappa shape index (κ1) is 18.6. The summed E-state index contributed by atoms with van der Waals surface area (Å²) in [7, 11) is 0. The Hall–Kier alpha value is -3.74. The van der Waals surface area contributed by atoms with Crippen molar-refractivity contribution in [3.8, 4) is 11.3 Å². The fourth-order valence-corrected chi connectivity index (χ4v) is 3.29. The topological polar surface area (TPSA) is 92.1 Å². The van der Waals surface area contributed by atoms with E-state index in [1.54, 1.807) is 30.0 Å². The lowest BCUT2D eigenvalue weighted by molar-refractivity contribution is 0.0747. The second-order valence-electron chi connectivity index (χ2n) is 6.68. The standard InChI is InChI=1S/C22H20N4O3/c1-3-26(13-18-23-17-12-8-7-11-16(17)21(27)24-18)22(28)19-14(2)29-25-20(19)15-9-5-4-6-10-15/h4-12H,3,13H2,1-2H3,(H,23,24,27). The number of fused-ring (bicyclic) bond motifs is 1. The number of nitrogens with zero attached hydrogens (tertiary/aromatic N) is 3. The van der Waals surface area contributed by atoms with Crippen LogP contribution in [-0.4, -0.2) is 32.5 Å². The zero-order chi connectivity index (χ0) is 20.4. The second kappa shape index (κ2) is 7.71. The van der Waals surface area contributed by atoms with Crippen LogP contribution in [0.15, 0.2) is 63.9 Å². The van der Waals surface area contributed by atoms with Crippen molar-refractivity contribution >= 4 is 16.8 Å².